The number of nitrogens with zero attached hydrogens (tertiary/aromatic N) is 3. The Balaban J connectivity index is 2.71. The second kappa shape index (κ2) is 5.30. The molecule has 1 aromatic heterocycles. The molecule has 0 aliphatic heterocycles. The van der Waals surface area contributed by atoms with Crippen molar-refractivity contribution in [3.05, 3.63) is 16.6 Å². The molecule has 0 unspecified atom stereocenters. The van der Waals surface area contributed by atoms with Gasteiger partial charge in [-0.05, 0) is 6.92 Å². The lowest BCUT2D eigenvalue weighted by molar-refractivity contribution is 0.0781. The van der Waals surface area contributed by atoms with Crippen LogP contribution in [-0.4, -0.2) is 39.9 Å². The van der Waals surface area contributed by atoms with Gasteiger partial charge in [-0.1, -0.05) is 5.16 Å². The summed E-state index contributed by atoms with van der Waals surface area (Å²) in [4.78, 5) is 17.1. The van der Waals surface area contributed by atoms with Crippen LogP contribution in [0.2, 0.25) is 0 Å². The van der Waals surface area contributed by atoms with Crippen molar-refractivity contribution in [3.8, 4) is 0 Å². The summed E-state index contributed by atoms with van der Waals surface area (Å²) in [7, 11) is 0. The Bertz CT molecular complexity index is 350. The number of thiazole rings is 1. The van der Waals surface area contributed by atoms with E-state index in [1.807, 2.05) is 6.92 Å². The van der Waals surface area contributed by atoms with Gasteiger partial charge in [0, 0.05) is 11.9 Å². The SMILES string of the molecule is CCN(CC(N)=NO)C(=O)c1cscn1. The molecular formula is C8H12N4O2S. The monoisotopic (exact) mass is 228 g/mol. The fourth-order valence-corrected chi connectivity index (χ4v) is 1.56. The van der Waals surface area contributed by atoms with Crippen molar-refractivity contribution in [3.63, 3.8) is 0 Å². The molecule has 0 radical (unpaired) electrons. The van der Waals surface area contributed by atoms with E-state index in [2.05, 4.69) is 10.1 Å². The molecule has 0 aliphatic rings. The van der Waals surface area contributed by atoms with E-state index in [0.717, 1.165) is 0 Å². The molecule has 0 spiro atoms. The van der Waals surface area contributed by atoms with Crippen LogP contribution in [0.4, 0.5) is 0 Å². The lowest BCUT2D eigenvalue weighted by Gasteiger charge is -2.18. The summed E-state index contributed by atoms with van der Waals surface area (Å²) in [6.45, 7) is 2.39. The van der Waals surface area contributed by atoms with E-state index in [9.17, 15) is 4.79 Å². The van der Waals surface area contributed by atoms with Crippen LogP contribution >= 0.6 is 11.3 Å². The quantitative estimate of drug-likeness (QED) is 0.336. The number of aromatic nitrogens is 1. The minimum absolute atomic E-state index is 0.000398. The minimum atomic E-state index is -0.217. The number of likely N-dealkylation sites (N-methyl/N-ethyl adjacent to an activating group) is 1. The average molecular weight is 228 g/mol. The van der Waals surface area contributed by atoms with Crippen molar-refractivity contribution in [2.45, 2.75) is 6.92 Å². The van der Waals surface area contributed by atoms with Crippen molar-refractivity contribution < 1.29 is 10.0 Å². The van der Waals surface area contributed by atoms with E-state index in [1.165, 1.54) is 16.2 Å². The van der Waals surface area contributed by atoms with E-state index in [4.69, 9.17) is 10.9 Å². The number of amides is 1. The molecule has 0 atom stereocenters. The van der Waals surface area contributed by atoms with Crippen molar-refractivity contribution in [1.29, 1.82) is 0 Å². The lowest BCUT2D eigenvalue weighted by atomic mass is 10.3. The number of oxime groups is 1. The van der Waals surface area contributed by atoms with Gasteiger partial charge in [-0.2, -0.15) is 0 Å². The molecule has 1 amide bonds. The van der Waals surface area contributed by atoms with E-state index >= 15 is 0 Å². The Morgan fingerprint density at radius 2 is 2.53 bits per heavy atom. The standard InChI is InChI=1S/C8H12N4O2S/c1-2-12(3-7(9)11-14)8(13)6-4-15-5-10-6/h4-5,14H,2-3H2,1H3,(H2,9,11). The van der Waals surface area contributed by atoms with Crippen LogP contribution in [-0.2, 0) is 0 Å². The minimum Gasteiger partial charge on any atom is -0.409 e. The molecule has 0 saturated heterocycles. The summed E-state index contributed by atoms with van der Waals surface area (Å²) in [6.07, 6.45) is 0. The van der Waals surface area contributed by atoms with Crippen LogP contribution in [0.5, 0.6) is 0 Å². The zero-order valence-electron chi connectivity index (χ0n) is 8.25. The van der Waals surface area contributed by atoms with Gasteiger partial charge in [0.25, 0.3) is 5.91 Å². The maximum atomic E-state index is 11.8. The fourth-order valence-electron chi connectivity index (χ4n) is 1.03. The Morgan fingerprint density at radius 3 is 3.00 bits per heavy atom. The van der Waals surface area contributed by atoms with E-state index in [0.29, 0.717) is 12.2 Å². The maximum Gasteiger partial charge on any atom is 0.273 e. The summed E-state index contributed by atoms with van der Waals surface area (Å²) >= 11 is 1.35. The predicted molar refractivity (Wildman–Crippen MR) is 57.1 cm³/mol. The van der Waals surface area contributed by atoms with Crippen LogP contribution in [0.1, 0.15) is 17.4 Å². The molecule has 0 aliphatic carbocycles. The van der Waals surface area contributed by atoms with Gasteiger partial charge in [-0.25, -0.2) is 4.98 Å². The van der Waals surface area contributed by atoms with Crippen molar-refractivity contribution >= 4 is 23.1 Å². The van der Waals surface area contributed by atoms with Gasteiger partial charge in [0.15, 0.2) is 5.84 Å². The number of amidine groups is 1. The third kappa shape index (κ3) is 2.91. The number of carbonyl (C=O) groups is 1. The normalized spacial score (nSPS) is 11.4. The molecule has 0 saturated carbocycles. The third-order valence-corrected chi connectivity index (χ3v) is 2.39. The Labute approximate surface area is 91.0 Å². The summed E-state index contributed by atoms with van der Waals surface area (Å²) in [6, 6.07) is 0. The fraction of sp³-hybridized carbons (Fsp3) is 0.375. The highest BCUT2D eigenvalue weighted by Gasteiger charge is 2.16. The largest absolute Gasteiger partial charge is 0.409 e. The highest BCUT2D eigenvalue weighted by atomic mass is 32.1. The first kappa shape index (κ1) is 11.4. The highest BCUT2D eigenvalue weighted by Crippen LogP contribution is 2.05. The van der Waals surface area contributed by atoms with Gasteiger partial charge in [0.05, 0.1) is 12.1 Å². The summed E-state index contributed by atoms with van der Waals surface area (Å²) in [5, 5.41) is 12.9. The first-order valence-electron chi connectivity index (χ1n) is 4.33. The topological polar surface area (TPSA) is 91.8 Å². The molecule has 1 aromatic rings. The van der Waals surface area contributed by atoms with Gasteiger partial charge >= 0.3 is 0 Å². The van der Waals surface area contributed by atoms with Crippen molar-refractivity contribution in [2.75, 3.05) is 13.1 Å². The van der Waals surface area contributed by atoms with Gasteiger partial charge < -0.3 is 15.8 Å². The molecule has 15 heavy (non-hydrogen) atoms. The zero-order chi connectivity index (χ0) is 11.3. The van der Waals surface area contributed by atoms with Gasteiger partial charge in [0.2, 0.25) is 0 Å². The van der Waals surface area contributed by atoms with E-state index in [-0.39, 0.29) is 18.3 Å². The van der Waals surface area contributed by atoms with Crippen LogP contribution in [0.15, 0.2) is 16.0 Å². The molecule has 3 N–H and O–H groups in total. The maximum absolute atomic E-state index is 11.8. The average Bonchev–Trinajstić information content (AvgIpc) is 2.77. The Kier molecular flexibility index (Phi) is 4.04. The first-order valence-corrected chi connectivity index (χ1v) is 5.27. The van der Waals surface area contributed by atoms with Crippen molar-refractivity contribution in [1.82, 2.24) is 9.88 Å². The van der Waals surface area contributed by atoms with Crippen LogP contribution in [0, 0.1) is 0 Å². The van der Waals surface area contributed by atoms with Crippen LogP contribution < -0.4 is 5.73 Å². The molecule has 0 fully saturated rings. The number of nitrogens with two attached hydrogens (primary N) is 1. The van der Waals surface area contributed by atoms with Crippen LogP contribution in [0.25, 0.3) is 0 Å². The molecule has 0 bridgehead atoms. The molecule has 6 nitrogen and oxygen atoms in total. The number of hydrogen-bond donors (Lipinski definition) is 2. The van der Waals surface area contributed by atoms with Gasteiger partial charge in [0.1, 0.15) is 5.69 Å². The molecule has 1 heterocycles. The molecule has 1 rings (SSSR count). The first-order chi connectivity index (χ1) is 7.19. The molecular weight excluding hydrogens is 216 g/mol. The summed E-state index contributed by atoms with van der Waals surface area (Å²) in [5.74, 6) is -0.217. The Hall–Kier alpha value is -1.63. The zero-order valence-corrected chi connectivity index (χ0v) is 9.07. The summed E-state index contributed by atoms with van der Waals surface area (Å²) in [5.41, 5.74) is 7.30. The lowest BCUT2D eigenvalue weighted by Crippen LogP contribution is -2.38. The number of hydrogen-bond acceptors (Lipinski definition) is 5. The second-order valence-electron chi connectivity index (χ2n) is 2.78. The highest BCUT2D eigenvalue weighted by molar-refractivity contribution is 7.07. The van der Waals surface area contributed by atoms with E-state index in [1.54, 1.807) is 10.9 Å². The third-order valence-electron chi connectivity index (χ3n) is 1.80. The molecule has 7 heteroatoms. The smallest absolute Gasteiger partial charge is 0.273 e. The molecule has 0 aromatic carbocycles. The second-order valence-corrected chi connectivity index (χ2v) is 3.50. The summed E-state index contributed by atoms with van der Waals surface area (Å²) < 4.78 is 0. The van der Waals surface area contributed by atoms with Crippen LogP contribution in [0.3, 0.4) is 0 Å². The number of rotatable bonds is 4. The Morgan fingerprint density at radius 1 is 1.80 bits per heavy atom. The predicted octanol–water partition coefficient (Wildman–Crippen LogP) is 0.352. The van der Waals surface area contributed by atoms with Gasteiger partial charge in [-0.3, -0.25) is 4.79 Å². The van der Waals surface area contributed by atoms with Crippen molar-refractivity contribution in [2.24, 2.45) is 10.9 Å². The van der Waals surface area contributed by atoms with E-state index < -0.39 is 0 Å². The number of carbonyl (C=O) groups excluding carboxylic acids is 1. The van der Waals surface area contributed by atoms with Gasteiger partial charge in [-0.15, -0.1) is 11.3 Å². The molecule has 82 valence electrons.